The molecule has 1 heterocycles. The summed E-state index contributed by atoms with van der Waals surface area (Å²) in [6.45, 7) is 8.03. The molecule has 0 aromatic heterocycles. The van der Waals surface area contributed by atoms with Crippen molar-refractivity contribution in [2.24, 2.45) is 0 Å². The van der Waals surface area contributed by atoms with E-state index >= 15 is 0 Å². The summed E-state index contributed by atoms with van der Waals surface area (Å²) in [6.07, 6.45) is 0. The van der Waals surface area contributed by atoms with Crippen molar-refractivity contribution in [3.8, 4) is 0 Å². The standard InChI is InChI=1S/C8H12OS/c1-7(2)6(5-10)8(3,4)9-7/h1-4H3. The summed E-state index contributed by atoms with van der Waals surface area (Å²) in [5.74, 6) is 0. The van der Waals surface area contributed by atoms with Crippen LogP contribution in [0.25, 0.3) is 0 Å². The summed E-state index contributed by atoms with van der Waals surface area (Å²) < 4.78 is 5.55. The normalized spacial score (nSPS) is 27.0. The largest absolute Gasteiger partial charge is 0.359 e. The molecular formula is C8H12OS. The Balaban J connectivity index is 2.95. The van der Waals surface area contributed by atoms with Crippen molar-refractivity contribution in [1.29, 1.82) is 0 Å². The fraction of sp³-hybridized carbons (Fsp3) is 0.750. The van der Waals surface area contributed by atoms with E-state index < -0.39 is 0 Å². The van der Waals surface area contributed by atoms with Gasteiger partial charge in [0, 0.05) is 5.57 Å². The number of rotatable bonds is 0. The fourth-order valence-electron chi connectivity index (χ4n) is 1.66. The van der Waals surface area contributed by atoms with Crippen molar-refractivity contribution in [2.75, 3.05) is 0 Å². The van der Waals surface area contributed by atoms with Gasteiger partial charge in [-0.1, -0.05) is 0 Å². The third-order valence-electron chi connectivity index (χ3n) is 1.82. The van der Waals surface area contributed by atoms with Crippen molar-refractivity contribution in [2.45, 2.75) is 38.9 Å². The average molecular weight is 156 g/mol. The summed E-state index contributed by atoms with van der Waals surface area (Å²) in [5, 5.41) is 2.76. The SMILES string of the molecule is CC1(C)OC(C)(C)C1=C=S. The molecule has 0 aromatic carbocycles. The number of hydrogen-bond acceptors (Lipinski definition) is 2. The van der Waals surface area contributed by atoms with E-state index in [1.807, 2.05) is 27.7 Å². The lowest BCUT2D eigenvalue weighted by atomic mass is 9.79. The van der Waals surface area contributed by atoms with Crippen LogP contribution < -0.4 is 0 Å². The molecule has 1 nitrogen and oxygen atoms in total. The molecule has 10 heavy (non-hydrogen) atoms. The van der Waals surface area contributed by atoms with Gasteiger partial charge in [0.1, 0.15) is 0 Å². The van der Waals surface area contributed by atoms with E-state index in [0.29, 0.717) is 0 Å². The van der Waals surface area contributed by atoms with Crippen LogP contribution in [-0.4, -0.2) is 16.2 Å². The second kappa shape index (κ2) is 1.91. The smallest absolute Gasteiger partial charge is 0.0957 e. The molecule has 0 unspecified atom stereocenters. The first-order chi connectivity index (χ1) is 4.40. The molecule has 0 aliphatic carbocycles. The molecule has 1 rings (SSSR count). The van der Waals surface area contributed by atoms with Crippen LogP contribution >= 0.6 is 12.2 Å². The van der Waals surface area contributed by atoms with E-state index in [2.05, 4.69) is 5.02 Å². The highest BCUT2D eigenvalue weighted by atomic mass is 32.1. The Kier molecular flexibility index (Phi) is 1.52. The lowest BCUT2D eigenvalue weighted by Crippen LogP contribution is -2.56. The minimum absolute atomic E-state index is 0.175. The lowest BCUT2D eigenvalue weighted by molar-refractivity contribution is -0.168. The van der Waals surface area contributed by atoms with Crippen molar-refractivity contribution in [1.82, 2.24) is 0 Å². The molecule has 1 aliphatic heterocycles. The summed E-state index contributed by atoms with van der Waals surface area (Å²) in [6, 6.07) is 0. The predicted molar refractivity (Wildman–Crippen MR) is 45.4 cm³/mol. The van der Waals surface area contributed by atoms with E-state index in [0.717, 1.165) is 5.57 Å². The van der Waals surface area contributed by atoms with Crippen LogP contribution in [-0.2, 0) is 4.74 Å². The molecule has 0 aromatic rings. The highest BCUT2D eigenvalue weighted by molar-refractivity contribution is 7.78. The quantitative estimate of drug-likeness (QED) is 0.497. The Hall–Kier alpha value is -0.170. The molecule has 0 spiro atoms. The van der Waals surface area contributed by atoms with E-state index in [4.69, 9.17) is 17.0 Å². The first kappa shape index (κ1) is 7.93. The molecule has 2 heteroatoms. The molecular weight excluding hydrogens is 144 g/mol. The fourth-order valence-corrected chi connectivity index (χ4v) is 2.16. The third-order valence-corrected chi connectivity index (χ3v) is 2.02. The van der Waals surface area contributed by atoms with Gasteiger partial charge >= 0.3 is 0 Å². The maximum atomic E-state index is 5.55. The molecule has 0 bridgehead atoms. The van der Waals surface area contributed by atoms with Gasteiger partial charge in [-0.25, -0.2) is 0 Å². The van der Waals surface area contributed by atoms with Crippen LogP contribution in [0.4, 0.5) is 0 Å². The minimum Gasteiger partial charge on any atom is -0.359 e. The Labute approximate surface area is 67.1 Å². The molecule has 0 saturated carbocycles. The van der Waals surface area contributed by atoms with E-state index in [1.165, 1.54) is 0 Å². The Morgan fingerprint density at radius 3 is 1.70 bits per heavy atom. The topological polar surface area (TPSA) is 9.23 Å². The third kappa shape index (κ3) is 0.929. The number of ether oxygens (including phenoxy) is 1. The zero-order valence-corrected chi connectivity index (χ0v) is 7.63. The van der Waals surface area contributed by atoms with Gasteiger partial charge in [-0.2, -0.15) is 0 Å². The van der Waals surface area contributed by atoms with Crippen molar-refractivity contribution >= 4 is 17.2 Å². The van der Waals surface area contributed by atoms with Gasteiger partial charge in [-0.3, -0.25) is 0 Å². The molecule has 1 aliphatic rings. The van der Waals surface area contributed by atoms with Gasteiger partial charge in [-0.05, 0) is 44.9 Å². The molecule has 1 fully saturated rings. The Bertz CT molecular complexity index is 193. The maximum Gasteiger partial charge on any atom is 0.0957 e. The Morgan fingerprint density at radius 1 is 1.20 bits per heavy atom. The monoisotopic (exact) mass is 156 g/mol. The molecule has 0 N–H and O–H groups in total. The summed E-state index contributed by atoms with van der Waals surface area (Å²) >= 11 is 4.76. The second-order valence-electron chi connectivity index (χ2n) is 3.60. The van der Waals surface area contributed by atoms with Crippen LogP contribution in [0.5, 0.6) is 0 Å². The first-order valence-corrected chi connectivity index (χ1v) is 3.77. The van der Waals surface area contributed by atoms with Gasteiger partial charge in [0.2, 0.25) is 0 Å². The van der Waals surface area contributed by atoms with Gasteiger partial charge in [0.25, 0.3) is 0 Å². The lowest BCUT2D eigenvalue weighted by Gasteiger charge is -2.50. The highest BCUT2D eigenvalue weighted by Crippen LogP contribution is 2.44. The van der Waals surface area contributed by atoms with Crippen LogP contribution in [0.1, 0.15) is 27.7 Å². The predicted octanol–water partition coefficient (Wildman–Crippen LogP) is 2.10. The molecule has 0 atom stereocenters. The maximum absolute atomic E-state index is 5.55. The van der Waals surface area contributed by atoms with Gasteiger partial charge < -0.3 is 4.74 Å². The van der Waals surface area contributed by atoms with Gasteiger partial charge in [0.05, 0.1) is 11.2 Å². The molecule has 0 radical (unpaired) electrons. The zero-order chi connectivity index (χ0) is 7.99. The van der Waals surface area contributed by atoms with Crippen LogP contribution in [0.2, 0.25) is 0 Å². The highest BCUT2D eigenvalue weighted by Gasteiger charge is 2.49. The van der Waals surface area contributed by atoms with E-state index in [9.17, 15) is 0 Å². The van der Waals surface area contributed by atoms with Gasteiger partial charge in [-0.15, -0.1) is 0 Å². The molecule has 0 amide bonds. The van der Waals surface area contributed by atoms with Crippen LogP contribution in [0.15, 0.2) is 5.57 Å². The Morgan fingerprint density at radius 2 is 1.60 bits per heavy atom. The summed E-state index contributed by atoms with van der Waals surface area (Å²) in [4.78, 5) is 0. The van der Waals surface area contributed by atoms with Crippen molar-refractivity contribution < 1.29 is 4.74 Å². The van der Waals surface area contributed by atoms with Crippen molar-refractivity contribution in [3.63, 3.8) is 0 Å². The summed E-state index contributed by atoms with van der Waals surface area (Å²) in [5.41, 5.74) is 0.742. The van der Waals surface area contributed by atoms with Crippen LogP contribution in [0, 0.1) is 0 Å². The first-order valence-electron chi connectivity index (χ1n) is 3.36. The van der Waals surface area contributed by atoms with Gasteiger partial charge in [0.15, 0.2) is 0 Å². The zero-order valence-electron chi connectivity index (χ0n) is 6.82. The molecule has 1 saturated heterocycles. The van der Waals surface area contributed by atoms with Crippen LogP contribution in [0.3, 0.4) is 0 Å². The summed E-state index contributed by atoms with van der Waals surface area (Å²) in [7, 11) is 0. The van der Waals surface area contributed by atoms with E-state index in [-0.39, 0.29) is 11.2 Å². The second-order valence-corrected chi connectivity index (χ2v) is 3.80. The minimum atomic E-state index is -0.175. The molecule has 56 valence electrons. The van der Waals surface area contributed by atoms with E-state index in [1.54, 1.807) is 0 Å². The number of hydrogen-bond donors (Lipinski definition) is 0. The number of thiocarbonyl (C=S) groups is 1. The average Bonchev–Trinajstić information content (AvgIpc) is 1.59. The van der Waals surface area contributed by atoms with Crippen molar-refractivity contribution in [3.05, 3.63) is 5.57 Å².